The van der Waals surface area contributed by atoms with Crippen LogP contribution in [-0.4, -0.2) is 34.9 Å². The van der Waals surface area contributed by atoms with Gasteiger partial charge in [0.25, 0.3) is 0 Å². The van der Waals surface area contributed by atoms with Crippen molar-refractivity contribution >= 4 is 5.91 Å². The lowest BCUT2D eigenvalue weighted by atomic mass is 10.0. The third kappa shape index (κ3) is 35.7. The van der Waals surface area contributed by atoms with E-state index < -0.39 is 12.1 Å². The predicted molar refractivity (Wildman–Crippen MR) is 211 cm³/mol. The van der Waals surface area contributed by atoms with Crippen molar-refractivity contribution in [2.75, 3.05) is 6.61 Å². The number of aliphatic hydroxyl groups is 2. The van der Waals surface area contributed by atoms with Crippen LogP contribution in [0.25, 0.3) is 0 Å². The van der Waals surface area contributed by atoms with Gasteiger partial charge in [0.15, 0.2) is 0 Å². The molecule has 2 atom stereocenters. The zero-order valence-corrected chi connectivity index (χ0v) is 32.0. The third-order valence-electron chi connectivity index (χ3n) is 9.30. The molecule has 0 bridgehead atoms. The lowest BCUT2D eigenvalue weighted by Gasteiger charge is -2.19. The lowest BCUT2D eigenvalue weighted by Crippen LogP contribution is -2.45. The number of nitrogens with one attached hydrogen (secondary N) is 1. The van der Waals surface area contributed by atoms with Crippen LogP contribution in [0.5, 0.6) is 0 Å². The minimum Gasteiger partial charge on any atom is -0.394 e. The van der Waals surface area contributed by atoms with Gasteiger partial charge in [0.05, 0.1) is 18.8 Å². The van der Waals surface area contributed by atoms with Gasteiger partial charge in [-0.05, 0) is 57.8 Å². The number of hydrogen-bond donors (Lipinski definition) is 3. The van der Waals surface area contributed by atoms with Crippen LogP contribution in [0.3, 0.4) is 0 Å². The van der Waals surface area contributed by atoms with Crippen molar-refractivity contribution in [1.82, 2.24) is 5.32 Å². The maximum absolute atomic E-state index is 12.4. The number of aliphatic hydroxyl groups excluding tert-OH is 2. The van der Waals surface area contributed by atoms with E-state index in [0.29, 0.717) is 6.42 Å². The number of carbonyl (C=O) groups excluding carboxylic acids is 1. The van der Waals surface area contributed by atoms with Crippen molar-refractivity contribution in [2.24, 2.45) is 0 Å². The molecule has 48 heavy (non-hydrogen) atoms. The van der Waals surface area contributed by atoms with E-state index in [2.05, 4.69) is 55.6 Å². The first-order valence-corrected chi connectivity index (χ1v) is 20.9. The largest absolute Gasteiger partial charge is 0.394 e. The van der Waals surface area contributed by atoms with Gasteiger partial charge in [-0.25, -0.2) is 0 Å². The summed E-state index contributed by atoms with van der Waals surface area (Å²) in [6, 6.07) is -0.638. The molecule has 0 rings (SSSR count). The Hall–Kier alpha value is -1.65. The smallest absolute Gasteiger partial charge is 0.220 e. The highest BCUT2D eigenvalue weighted by Crippen LogP contribution is 2.14. The van der Waals surface area contributed by atoms with Crippen LogP contribution in [-0.2, 0) is 4.79 Å². The summed E-state index contributed by atoms with van der Waals surface area (Å²) in [7, 11) is 0. The average molecular weight is 672 g/mol. The summed E-state index contributed by atoms with van der Waals surface area (Å²) in [6.45, 7) is 4.19. The molecule has 0 saturated heterocycles. The molecule has 0 heterocycles. The fourth-order valence-electron chi connectivity index (χ4n) is 6.11. The van der Waals surface area contributed by atoms with Crippen LogP contribution in [0.2, 0.25) is 0 Å². The fraction of sp³-hybridized carbons (Fsp3) is 0.795. The molecule has 3 N–H and O–H groups in total. The molecule has 0 aromatic carbocycles. The van der Waals surface area contributed by atoms with E-state index >= 15 is 0 Å². The minimum atomic E-state index is -0.861. The Morgan fingerprint density at radius 3 is 1.44 bits per heavy atom. The summed E-state index contributed by atoms with van der Waals surface area (Å²) in [5.74, 6) is -0.0757. The molecule has 1 amide bonds. The molecule has 0 saturated carbocycles. The zero-order chi connectivity index (χ0) is 35.0. The highest BCUT2D eigenvalue weighted by atomic mass is 16.3. The molecule has 4 nitrogen and oxygen atoms in total. The Balaban J connectivity index is 3.59. The molecule has 0 aliphatic rings. The lowest BCUT2D eigenvalue weighted by molar-refractivity contribution is -0.123. The van der Waals surface area contributed by atoms with Crippen LogP contribution in [0, 0.1) is 0 Å². The number of carbonyl (C=O) groups is 1. The van der Waals surface area contributed by atoms with Crippen molar-refractivity contribution in [1.29, 1.82) is 0 Å². The van der Waals surface area contributed by atoms with Crippen LogP contribution < -0.4 is 5.32 Å². The second kappa shape index (κ2) is 39.8. The highest BCUT2D eigenvalue weighted by molar-refractivity contribution is 5.76. The van der Waals surface area contributed by atoms with E-state index in [9.17, 15) is 15.0 Å². The molecule has 0 spiro atoms. The Morgan fingerprint density at radius 2 is 0.938 bits per heavy atom. The van der Waals surface area contributed by atoms with Gasteiger partial charge in [-0.1, -0.05) is 191 Å². The van der Waals surface area contributed by atoms with Gasteiger partial charge < -0.3 is 15.5 Å². The summed E-state index contributed by atoms with van der Waals surface area (Å²) < 4.78 is 0. The van der Waals surface area contributed by atoms with E-state index in [1.807, 2.05) is 6.08 Å². The van der Waals surface area contributed by atoms with Crippen molar-refractivity contribution in [2.45, 2.75) is 219 Å². The first kappa shape index (κ1) is 46.4. The monoisotopic (exact) mass is 672 g/mol. The first-order valence-electron chi connectivity index (χ1n) is 20.9. The maximum atomic E-state index is 12.4. The van der Waals surface area contributed by atoms with Crippen molar-refractivity contribution in [3.63, 3.8) is 0 Å². The van der Waals surface area contributed by atoms with E-state index in [1.54, 1.807) is 6.08 Å². The Labute approximate surface area is 299 Å². The van der Waals surface area contributed by atoms with Crippen LogP contribution >= 0.6 is 0 Å². The van der Waals surface area contributed by atoms with E-state index in [4.69, 9.17) is 0 Å². The normalized spacial score (nSPS) is 13.5. The first-order chi connectivity index (χ1) is 23.7. The SMILES string of the molecule is CC/C=C\C/C=C\CCCCCCCCCCCCCCCCC(=O)NC(CO)C(O)/C=C/CC/C=C/CCCCCCCCCCC. The van der Waals surface area contributed by atoms with Crippen molar-refractivity contribution < 1.29 is 15.0 Å². The van der Waals surface area contributed by atoms with Gasteiger partial charge in [-0.15, -0.1) is 0 Å². The van der Waals surface area contributed by atoms with E-state index in [0.717, 1.165) is 44.9 Å². The van der Waals surface area contributed by atoms with Gasteiger partial charge in [0.2, 0.25) is 5.91 Å². The second-order valence-electron chi connectivity index (χ2n) is 14.0. The number of amides is 1. The summed E-state index contributed by atoms with van der Waals surface area (Å²) in [6.07, 6.45) is 53.6. The summed E-state index contributed by atoms with van der Waals surface area (Å²) in [5, 5.41) is 22.9. The summed E-state index contributed by atoms with van der Waals surface area (Å²) in [5.41, 5.74) is 0. The van der Waals surface area contributed by atoms with Crippen LogP contribution in [0.1, 0.15) is 206 Å². The van der Waals surface area contributed by atoms with E-state index in [-0.39, 0.29) is 12.5 Å². The van der Waals surface area contributed by atoms with Crippen molar-refractivity contribution in [3.05, 3.63) is 48.6 Å². The van der Waals surface area contributed by atoms with Crippen LogP contribution in [0.4, 0.5) is 0 Å². The van der Waals surface area contributed by atoms with E-state index in [1.165, 1.54) is 141 Å². The Bertz CT molecular complexity index is 771. The highest BCUT2D eigenvalue weighted by Gasteiger charge is 2.17. The molecular formula is C44H81NO3. The van der Waals surface area contributed by atoms with Gasteiger partial charge in [0, 0.05) is 6.42 Å². The number of unbranched alkanes of at least 4 members (excludes halogenated alkanes) is 24. The molecule has 0 aromatic rings. The minimum absolute atomic E-state index is 0.0757. The maximum Gasteiger partial charge on any atom is 0.220 e. The fourth-order valence-corrected chi connectivity index (χ4v) is 6.11. The summed E-state index contributed by atoms with van der Waals surface area (Å²) >= 11 is 0. The molecule has 4 heteroatoms. The predicted octanol–water partition coefficient (Wildman–Crippen LogP) is 12.8. The zero-order valence-electron chi connectivity index (χ0n) is 32.0. The third-order valence-corrected chi connectivity index (χ3v) is 9.30. The molecule has 0 aliphatic heterocycles. The quantitative estimate of drug-likeness (QED) is 0.0455. The molecule has 2 unspecified atom stereocenters. The van der Waals surface area contributed by atoms with Crippen molar-refractivity contribution in [3.8, 4) is 0 Å². The standard InChI is InChI=1S/C44H81NO3/c1-3-5-7-9-11-13-15-17-19-20-21-22-23-24-26-28-30-32-34-36-38-40-44(48)45-42(41-46)43(47)39-37-35-33-31-29-27-25-18-16-14-12-10-8-6-4-2/h5,7,11,13,29,31,37,39,42-43,46-47H,3-4,6,8-10,12,14-28,30,32-36,38,40-41H2,1-2H3,(H,45,48)/b7-5-,13-11-,31-29+,39-37+. The van der Waals surface area contributed by atoms with Gasteiger partial charge in [-0.3, -0.25) is 4.79 Å². The Morgan fingerprint density at radius 1 is 0.521 bits per heavy atom. The molecular weight excluding hydrogens is 590 g/mol. The molecule has 0 radical (unpaired) electrons. The number of hydrogen-bond acceptors (Lipinski definition) is 3. The number of rotatable bonds is 37. The Kier molecular flexibility index (Phi) is 38.4. The molecule has 0 fully saturated rings. The van der Waals surface area contributed by atoms with Gasteiger partial charge in [-0.2, -0.15) is 0 Å². The summed E-state index contributed by atoms with van der Waals surface area (Å²) in [4.78, 5) is 12.4. The topological polar surface area (TPSA) is 69.6 Å². The number of allylic oxidation sites excluding steroid dienone is 7. The van der Waals surface area contributed by atoms with Gasteiger partial charge >= 0.3 is 0 Å². The molecule has 280 valence electrons. The average Bonchev–Trinajstić information content (AvgIpc) is 3.09. The second-order valence-corrected chi connectivity index (χ2v) is 14.0. The van der Waals surface area contributed by atoms with Crippen LogP contribution in [0.15, 0.2) is 48.6 Å². The molecule has 0 aliphatic carbocycles. The van der Waals surface area contributed by atoms with Gasteiger partial charge in [0.1, 0.15) is 0 Å². The molecule has 0 aromatic heterocycles.